The fourth-order valence-electron chi connectivity index (χ4n) is 3.45. The van der Waals surface area contributed by atoms with Crippen molar-refractivity contribution in [2.75, 3.05) is 52.1 Å². The first-order valence-electron chi connectivity index (χ1n) is 10.1. The highest BCUT2D eigenvalue weighted by Gasteiger charge is 2.23. The lowest BCUT2D eigenvalue weighted by Gasteiger charge is -2.33. The van der Waals surface area contributed by atoms with Gasteiger partial charge in [0.25, 0.3) is 0 Å². The Kier molecular flexibility index (Phi) is 5.99. The van der Waals surface area contributed by atoms with Crippen molar-refractivity contribution >= 4 is 16.9 Å². The molecule has 0 aromatic heterocycles. The molecule has 152 valence electrons. The van der Waals surface area contributed by atoms with Crippen LogP contribution in [0.5, 0.6) is 0 Å². The Morgan fingerprint density at radius 1 is 0.621 bits per heavy atom. The second kappa shape index (κ2) is 8.30. The van der Waals surface area contributed by atoms with E-state index in [0.717, 1.165) is 0 Å². The van der Waals surface area contributed by atoms with Crippen LogP contribution in [0.2, 0.25) is 0 Å². The van der Waals surface area contributed by atoms with Gasteiger partial charge in [-0.25, -0.2) is 0 Å². The van der Waals surface area contributed by atoms with Gasteiger partial charge < -0.3 is 9.80 Å². The van der Waals surface area contributed by atoms with E-state index in [9.17, 15) is 0 Å². The van der Waals surface area contributed by atoms with Crippen molar-refractivity contribution in [3.63, 3.8) is 0 Å². The van der Waals surface area contributed by atoms with E-state index in [0.29, 0.717) is 0 Å². The van der Waals surface area contributed by atoms with Gasteiger partial charge in [0.15, 0.2) is 0 Å². The van der Waals surface area contributed by atoms with Crippen LogP contribution in [0, 0.1) is 0 Å². The molecular weight excluding hydrogens is 354 g/mol. The highest BCUT2D eigenvalue weighted by atomic mass is 15.1. The Labute approximate surface area is 176 Å². The number of anilines is 2. The van der Waals surface area contributed by atoms with Crippen molar-refractivity contribution < 1.29 is 0 Å². The standard InChI is InChI=1S/C26H33N3/c1-26(29(6)7)18-16-22(17-19-26)25(20-8-12-23(13-9-20)27(2)3)21-10-14-24(15-11-21)28(4)5/h8-19H,1-7H3. The van der Waals surface area contributed by atoms with E-state index in [1.54, 1.807) is 0 Å². The van der Waals surface area contributed by atoms with E-state index < -0.39 is 0 Å². The molecular formula is C26H33N3. The van der Waals surface area contributed by atoms with Crippen LogP contribution < -0.4 is 9.80 Å². The molecule has 0 bridgehead atoms. The summed E-state index contributed by atoms with van der Waals surface area (Å²) in [5.74, 6) is 0. The monoisotopic (exact) mass is 387 g/mol. The summed E-state index contributed by atoms with van der Waals surface area (Å²) in [6.45, 7) is 2.23. The molecule has 0 fully saturated rings. The molecule has 0 heterocycles. The Balaban J connectivity index is 2.11. The molecule has 0 unspecified atom stereocenters. The molecule has 29 heavy (non-hydrogen) atoms. The molecule has 2 aromatic rings. The van der Waals surface area contributed by atoms with Crippen LogP contribution >= 0.6 is 0 Å². The topological polar surface area (TPSA) is 9.72 Å². The smallest absolute Gasteiger partial charge is 0.0548 e. The van der Waals surface area contributed by atoms with Crippen LogP contribution in [0.4, 0.5) is 11.4 Å². The van der Waals surface area contributed by atoms with E-state index in [1.165, 1.54) is 33.6 Å². The van der Waals surface area contributed by atoms with E-state index in [4.69, 9.17) is 0 Å². The van der Waals surface area contributed by atoms with Crippen molar-refractivity contribution in [2.24, 2.45) is 0 Å². The number of likely N-dealkylation sites (N-methyl/N-ethyl adjacent to an activating group) is 1. The molecule has 0 saturated carbocycles. The van der Waals surface area contributed by atoms with Crippen molar-refractivity contribution in [3.8, 4) is 0 Å². The summed E-state index contributed by atoms with van der Waals surface area (Å²) in [6, 6.07) is 17.6. The van der Waals surface area contributed by atoms with Crippen LogP contribution in [-0.2, 0) is 0 Å². The summed E-state index contributed by atoms with van der Waals surface area (Å²) in [7, 11) is 12.5. The molecule has 0 spiro atoms. The molecule has 0 radical (unpaired) electrons. The summed E-state index contributed by atoms with van der Waals surface area (Å²) in [5.41, 5.74) is 7.30. The second-order valence-corrected chi connectivity index (χ2v) is 8.50. The van der Waals surface area contributed by atoms with Gasteiger partial charge in [-0.15, -0.1) is 0 Å². The third kappa shape index (κ3) is 4.46. The maximum atomic E-state index is 2.28. The van der Waals surface area contributed by atoms with E-state index in [1.807, 2.05) is 0 Å². The molecule has 0 aliphatic heterocycles. The lowest BCUT2D eigenvalue weighted by molar-refractivity contribution is 0.284. The minimum Gasteiger partial charge on any atom is -0.378 e. The molecule has 0 saturated heterocycles. The summed E-state index contributed by atoms with van der Waals surface area (Å²) in [6.07, 6.45) is 9.08. The van der Waals surface area contributed by atoms with Gasteiger partial charge in [0.05, 0.1) is 5.54 Å². The van der Waals surface area contributed by atoms with Gasteiger partial charge in [-0.3, -0.25) is 4.90 Å². The van der Waals surface area contributed by atoms with Gasteiger partial charge in [-0.2, -0.15) is 0 Å². The van der Waals surface area contributed by atoms with Crippen LogP contribution in [0.25, 0.3) is 5.57 Å². The van der Waals surface area contributed by atoms with Crippen LogP contribution in [0.15, 0.2) is 78.4 Å². The first kappa shape index (κ1) is 20.9. The number of hydrogen-bond donors (Lipinski definition) is 0. The van der Waals surface area contributed by atoms with Crippen molar-refractivity contribution in [3.05, 3.63) is 89.5 Å². The van der Waals surface area contributed by atoms with Gasteiger partial charge in [0, 0.05) is 39.6 Å². The van der Waals surface area contributed by atoms with Crippen LogP contribution in [-0.4, -0.2) is 52.7 Å². The lowest BCUT2D eigenvalue weighted by Crippen LogP contribution is -2.38. The summed E-state index contributed by atoms with van der Waals surface area (Å²) < 4.78 is 0. The Bertz CT molecular complexity index is 857. The van der Waals surface area contributed by atoms with E-state index >= 15 is 0 Å². The number of allylic oxidation sites excluding steroid dienone is 3. The molecule has 2 aromatic carbocycles. The zero-order chi connectivity index (χ0) is 21.2. The van der Waals surface area contributed by atoms with Crippen LogP contribution in [0.1, 0.15) is 18.1 Å². The normalized spacial score (nSPS) is 18.3. The first-order chi connectivity index (χ1) is 13.7. The predicted octanol–water partition coefficient (Wildman–Crippen LogP) is 5.07. The van der Waals surface area contributed by atoms with Crippen molar-refractivity contribution in [2.45, 2.75) is 12.5 Å². The van der Waals surface area contributed by atoms with Crippen molar-refractivity contribution in [1.82, 2.24) is 4.90 Å². The van der Waals surface area contributed by atoms with Gasteiger partial charge in [-0.1, -0.05) is 48.6 Å². The summed E-state index contributed by atoms with van der Waals surface area (Å²) in [5, 5.41) is 0. The Hall–Kier alpha value is -2.78. The molecule has 0 amide bonds. The van der Waals surface area contributed by atoms with E-state index in [2.05, 4.69) is 137 Å². The largest absolute Gasteiger partial charge is 0.378 e. The minimum absolute atomic E-state index is 0.0574. The second-order valence-electron chi connectivity index (χ2n) is 8.50. The average molecular weight is 388 g/mol. The number of benzene rings is 2. The minimum atomic E-state index is -0.0574. The summed E-state index contributed by atoms with van der Waals surface area (Å²) >= 11 is 0. The predicted molar refractivity (Wildman–Crippen MR) is 128 cm³/mol. The van der Waals surface area contributed by atoms with Gasteiger partial charge >= 0.3 is 0 Å². The maximum Gasteiger partial charge on any atom is 0.0548 e. The zero-order valence-electron chi connectivity index (χ0n) is 18.8. The fraction of sp³-hybridized carbons (Fsp3) is 0.308. The third-order valence-electron chi connectivity index (χ3n) is 5.80. The quantitative estimate of drug-likeness (QED) is 0.709. The molecule has 3 nitrogen and oxygen atoms in total. The average Bonchev–Trinajstić information content (AvgIpc) is 2.70. The molecule has 0 atom stereocenters. The van der Waals surface area contributed by atoms with E-state index in [-0.39, 0.29) is 5.54 Å². The highest BCUT2D eigenvalue weighted by molar-refractivity contribution is 5.86. The third-order valence-corrected chi connectivity index (χ3v) is 5.80. The van der Waals surface area contributed by atoms with Gasteiger partial charge in [0.2, 0.25) is 0 Å². The molecule has 3 rings (SSSR count). The SMILES string of the molecule is CN(C)c1ccc(C(=C2C=CC(C)(N(C)C)C=C2)c2ccc(N(C)C)cc2)cc1. The first-order valence-corrected chi connectivity index (χ1v) is 10.1. The molecule has 3 heteroatoms. The van der Waals surface area contributed by atoms with Gasteiger partial charge in [0.1, 0.15) is 0 Å². The molecule has 1 aliphatic rings. The summed E-state index contributed by atoms with van der Waals surface area (Å²) in [4.78, 5) is 6.49. The molecule has 0 N–H and O–H groups in total. The Morgan fingerprint density at radius 2 is 1.00 bits per heavy atom. The van der Waals surface area contributed by atoms with Crippen molar-refractivity contribution in [1.29, 1.82) is 0 Å². The lowest BCUT2D eigenvalue weighted by atomic mass is 9.86. The maximum absolute atomic E-state index is 2.28. The zero-order valence-corrected chi connectivity index (χ0v) is 18.8. The fourth-order valence-corrected chi connectivity index (χ4v) is 3.45. The Morgan fingerprint density at radius 3 is 1.31 bits per heavy atom. The number of rotatable bonds is 5. The number of hydrogen-bond acceptors (Lipinski definition) is 3. The highest BCUT2D eigenvalue weighted by Crippen LogP contribution is 2.33. The van der Waals surface area contributed by atoms with Gasteiger partial charge in [-0.05, 0) is 67.6 Å². The number of nitrogens with zero attached hydrogens (tertiary/aromatic N) is 3. The van der Waals surface area contributed by atoms with Crippen LogP contribution in [0.3, 0.4) is 0 Å². The molecule has 1 aliphatic carbocycles.